The molecule has 0 atom stereocenters. The van der Waals surface area contributed by atoms with Crippen molar-refractivity contribution in [2.24, 2.45) is 11.1 Å². The van der Waals surface area contributed by atoms with E-state index in [1.807, 2.05) is 20.8 Å². The summed E-state index contributed by atoms with van der Waals surface area (Å²) in [6, 6.07) is 0. The Morgan fingerprint density at radius 3 is 1.83 bits per heavy atom. The maximum Gasteiger partial charge on any atom is 0.404 e. The lowest BCUT2D eigenvalue weighted by atomic mass is 9.99. The third-order valence-corrected chi connectivity index (χ3v) is 0.647. The van der Waals surface area contributed by atoms with Crippen LogP contribution in [0.5, 0.6) is 0 Å². The lowest BCUT2D eigenvalue weighted by molar-refractivity contribution is 0.114. The molecule has 3 nitrogen and oxygen atoms in total. The van der Waals surface area contributed by atoms with E-state index in [1.165, 1.54) is 6.42 Å². The summed E-state index contributed by atoms with van der Waals surface area (Å²) in [5.74, 6) is 0. The number of rotatable bonds is 1. The van der Waals surface area contributed by atoms with Crippen LogP contribution in [0.1, 0.15) is 42.5 Å². The lowest BCUT2D eigenvalue weighted by Gasteiger charge is -2.16. The Morgan fingerprint density at radius 1 is 1.42 bits per heavy atom. The molecule has 0 aliphatic carbocycles. The smallest absolute Gasteiger partial charge is 0.404 e. The van der Waals surface area contributed by atoms with Gasteiger partial charge < -0.3 is 10.5 Å². The molecule has 0 saturated carbocycles. The van der Waals surface area contributed by atoms with E-state index in [9.17, 15) is 4.79 Å². The summed E-state index contributed by atoms with van der Waals surface area (Å²) in [6.07, 6.45) is 0.546. The summed E-state index contributed by atoms with van der Waals surface area (Å²) in [7, 11) is 0. The Labute approximate surface area is 76.8 Å². The molecule has 0 aromatic heterocycles. The summed E-state index contributed by atoms with van der Waals surface area (Å²) in [4.78, 5) is 10.0. The molecule has 0 aliphatic rings. The van der Waals surface area contributed by atoms with Crippen LogP contribution in [-0.4, -0.2) is 12.7 Å². The van der Waals surface area contributed by atoms with Gasteiger partial charge in [-0.3, -0.25) is 0 Å². The average molecular weight is 177 g/mol. The predicted molar refractivity (Wildman–Crippen MR) is 53.1 cm³/mol. The normalized spacial score (nSPS) is 9.75. The van der Waals surface area contributed by atoms with E-state index in [2.05, 4.69) is 18.6 Å². The topological polar surface area (TPSA) is 52.3 Å². The Kier molecular flexibility index (Phi) is 8.01. The van der Waals surface area contributed by atoms with E-state index in [0.717, 1.165) is 0 Å². The second-order valence-corrected chi connectivity index (χ2v) is 3.88. The van der Waals surface area contributed by atoms with Gasteiger partial charge in [-0.25, -0.2) is 4.79 Å². The molecule has 3 heteroatoms. The quantitative estimate of drug-likeness (QED) is 0.669. The second-order valence-electron chi connectivity index (χ2n) is 3.88. The third kappa shape index (κ3) is 22.8. The summed E-state index contributed by atoms with van der Waals surface area (Å²) in [5, 5.41) is 0. The number of amides is 1. The van der Waals surface area contributed by atoms with Gasteiger partial charge in [0.25, 0.3) is 0 Å². The van der Waals surface area contributed by atoms with Gasteiger partial charge in [0.1, 0.15) is 0 Å². The molecular formula is C9H23NO2. The van der Waals surface area contributed by atoms with Crippen LogP contribution in [0.25, 0.3) is 0 Å². The lowest BCUT2D eigenvalue weighted by Crippen LogP contribution is -2.21. The minimum Gasteiger partial charge on any atom is -0.449 e. The van der Waals surface area contributed by atoms with Crippen molar-refractivity contribution >= 4 is 6.09 Å². The van der Waals surface area contributed by atoms with Crippen molar-refractivity contribution in [3.05, 3.63) is 0 Å². The van der Waals surface area contributed by atoms with E-state index in [0.29, 0.717) is 6.61 Å². The van der Waals surface area contributed by atoms with Crippen molar-refractivity contribution in [1.82, 2.24) is 0 Å². The first-order valence-corrected chi connectivity index (χ1v) is 4.25. The highest BCUT2D eigenvalue weighted by Crippen LogP contribution is 2.12. The Bertz CT molecular complexity index is 121. The Morgan fingerprint density at radius 2 is 1.75 bits per heavy atom. The zero-order valence-electron chi connectivity index (χ0n) is 8.81. The van der Waals surface area contributed by atoms with Crippen molar-refractivity contribution in [2.75, 3.05) is 6.61 Å². The van der Waals surface area contributed by atoms with Crippen LogP contribution in [0, 0.1) is 5.41 Å². The summed E-state index contributed by atoms with van der Waals surface area (Å²) >= 11 is 0. The highest BCUT2D eigenvalue weighted by atomic mass is 16.5. The largest absolute Gasteiger partial charge is 0.449 e. The van der Waals surface area contributed by atoms with Gasteiger partial charge in [-0.2, -0.15) is 0 Å². The van der Waals surface area contributed by atoms with Gasteiger partial charge in [-0.1, -0.05) is 41.0 Å². The molecule has 0 heterocycles. The second kappa shape index (κ2) is 6.95. The molecule has 0 saturated heterocycles. The van der Waals surface area contributed by atoms with Crippen LogP contribution in [-0.2, 0) is 4.74 Å². The van der Waals surface area contributed by atoms with Gasteiger partial charge in [0, 0.05) is 1.43 Å². The fourth-order valence-corrected chi connectivity index (χ4v) is 0.288. The zero-order chi connectivity index (χ0) is 10.2. The maximum absolute atomic E-state index is 10.0. The van der Waals surface area contributed by atoms with Gasteiger partial charge in [-0.15, -0.1) is 0 Å². The van der Waals surface area contributed by atoms with Crippen LogP contribution in [0.15, 0.2) is 0 Å². The van der Waals surface area contributed by atoms with Crippen molar-refractivity contribution < 1.29 is 11.0 Å². The number of hydrogen-bond acceptors (Lipinski definition) is 2. The van der Waals surface area contributed by atoms with Crippen molar-refractivity contribution in [3.8, 4) is 0 Å². The summed E-state index contributed by atoms with van der Waals surface area (Å²) < 4.78 is 4.55. The van der Waals surface area contributed by atoms with Crippen molar-refractivity contribution in [3.63, 3.8) is 0 Å². The standard InChI is InChI=1S/C6H13NO2.C3H8.H2/c1-6(2,3)4-9-5(7)8;1-3-2;/h4H2,1-3H3,(H2,7,8);3H2,1-2H3;1H. The highest BCUT2D eigenvalue weighted by molar-refractivity contribution is 5.64. The molecule has 1 amide bonds. The van der Waals surface area contributed by atoms with Crippen molar-refractivity contribution in [1.29, 1.82) is 0 Å². The molecule has 0 radical (unpaired) electrons. The minimum absolute atomic E-state index is 0. The number of nitrogens with two attached hydrogens (primary N) is 1. The molecule has 0 fully saturated rings. The molecule has 0 rings (SSSR count). The number of ether oxygens (including phenoxy) is 1. The van der Waals surface area contributed by atoms with E-state index in [4.69, 9.17) is 5.73 Å². The average Bonchev–Trinajstić information content (AvgIpc) is 1.84. The predicted octanol–water partition coefficient (Wildman–Crippen LogP) is 2.79. The molecule has 0 aromatic carbocycles. The van der Waals surface area contributed by atoms with Crippen LogP contribution >= 0.6 is 0 Å². The first-order valence-electron chi connectivity index (χ1n) is 4.25. The summed E-state index contributed by atoms with van der Waals surface area (Å²) in [5.41, 5.74) is 4.75. The number of hydrogen-bond donors (Lipinski definition) is 1. The summed E-state index contributed by atoms with van der Waals surface area (Å²) in [6.45, 7) is 10.5. The molecule has 0 bridgehead atoms. The van der Waals surface area contributed by atoms with E-state index in [-0.39, 0.29) is 6.84 Å². The molecule has 12 heavy (non-hydrogen) atoms. The SMILES string of the molecule is CC(C)(C)COC(N)=O.CCC.[HH]. The van der Waals surface area contributed by atoms with Gasteiger partial charge in [0.2, 0.25) is 0 Å². The molecule has 0 aromatic rings. The van der Waals surface area contributed by atoms with Gasteiger partial charge in [-0.05, 0) is 5.41 Å². The van der Waals surface area contributed by atoms with Crippen LogP contribution < -0.4 is 5.73 Å². The third-order valence-electron chi connectivity index (χ3n) is 0.647. The molecule has 0 aliphatic heterocycles. The number of carbonyl (C=O) groups is 1. The highest BCUT2D eigenvalue weighted by Gasteiger charge is 2.11. The van der Waals surface area contributed by atoms with Crippen LogP contribution in [0.2, 0.25) is 0 Å². The van der Waals surface area contributed by atoms with Gasteiger partial charge >= 0.3 is 6.09 Å². The van der Waals surface area contributed by atoms with Crippen LogP contribution in [0.3, 0.4) is 0 Å². The Balaban J connectivity index is -0.000000220. The molecular weight excluding hydrogens is 154 g/mol. The van der Waals surface area contributed by atoms with Crippen LogP contribution in [0.4, 0.5) is 4.79 Å². The van der Waals surface area contributed by atoms with E-state index >= 15 is 0 Å². The Hall–Kier alpha value is -0.730. The zero-order valence-corrected chi connectivity index (χ0v) is 8.81. The fraction of sp³-hybridized carbons (Fsp3) is 0.889. The first-order chi connectivity index (χ1) is 5.33. The monoisotopic (exact) mass is 177 g/mol. The van der Waals surface area contributed by atoms with E-state index < -0.39 is 6.09 Å². The molecule has 2 N–H and O–H groups in total. The molecule has 76 valence electrons. The first kappa shape index (κ1) is 13.8. The van der Waals surface area contributed by atoms with E-state index in [1.54, 1.807) is 0 Å². The fourth-order valence-electron chi connectivity index (χ4n) is 0.288. The van der Waals surface area contributed by atoms with Gasteiger partial charge in [0.05, 0.1) is 6.61 Å². The minimum atomic E-state index is -0.704. The molecule has 0 unspecified atom stereocenters. The molecule has 0 spiro atoms. The number of carbonyl (C=O) groups excluding carboxylic acids is 1. The van der Waals surface area contributed by atoms with Gasteiger partial charge in [0.15, 0.2) is 0 Å². The maximum atomic E-state index is 10.0. The number of primary amides is 1. The van der Waals surface area contributed by atoms with Crippen molar-refractivity contribution in [2.45, 2.75) is 41.0 Å².